The van der Waals surface area contributed by atoms with Gasteiger partial charge >= 0.3 is 29.6 Å². The first-order valence-corrected chi connectivity index (χ1v) is 1.25. The van der Waals surface area contributed by atoms with Crippen LogP contribution in [-0.4, -0.2) is 11.8 Å². The molecule has 0 aliphatic rings. The second-order valence-electron chi connectivity index (χ2n) is 0.289. The van der Waals surface area contributed by atoms with E-state index < -0.39 is 0 Å². The molecule has 34 valence electrons. The van der Waals surface area contributed by atoms with Crippen LogP contribution in [0.4, 0.5) is 0 Å². The van der Waals surface area contributed by atoms with E-state index in [0.717, 1.165) is 0 Å². The van der Waals surface area contributed by atoms with Gasteiger partial charge in [-0.1, -0.05) is 6.92 Å². The van der Waals surface area contributed by atoms with Crippen LogP contribution in [0.15, 0.2) is 0 Å². The first-order chi connectivity index (χ1) is 2.41. The summed E-state index contributed by atoms with van der Waals surface area (Å²) in [5.74, 6) is 3.50. The number of rotatable bonds is 0. The predicted molar refractivity (Wildman–Crippen MR) is 16.5 cm³/mol. The van der Waals surface area contributed by atoms with Crippen molar-refractivity contribution in [3.8, 4) is 0 Å². The van der Waals surface area contributed by atoms with Crippen molar-refractivity contribution in [3.63, 3.8) is 0 Å². The van der Waals surface area contributed by atoms with Crippen LogP contribution in [0.1, 0.15) is 6.92 Å². The maximum absolute atomic E-state index is 8.93. The zero-order valence-corrected chi connectivity index (χ0v) is 6.14. The van der Waals surface area contributed by atoms with E-state index in [1.165, 1.54) is 0 Å². The van der Waals surface area contributed by atoms with Crippen molar-refractivity contribution in [2.24, 2.45) is 5.90 Å². The van der Waals surface area contributed by atoms with Gasteiger partial charge in [0, 0.05) is 0 Å². The molecule has 0 aromatic heterocycles. The van der Waals surface area contributed by atoms with E-state index in [1.807, 2.05) is 0 Å². The zero-order chi connectivity index (χ0) is 4.71. The monoisotopic (exact) mass is 101 g/mol. The topological polar surface area (TPSA) is 69.3 Å². The van der Waals surface area contributed by atoms with Crippen molar-refractivity contribution in [3.05, 3.63) is 0 Å². The average molecular weight is 101 g/mol. The van der Waals surface area contributed by atoms with E-state index in [4.69, 9.17) is 10.3 Å². The van der Waals surface area contributed by atoms with Crippen molar-refractivity contribution in [2.75, 3.05) is 6.61 Å². The third kappa shape index (κ3) is 94.9. The Morgan fingerprint density at radius 1 is 1.67 bits per heavy atom. The van der Waals surface area contributed by atoms with Gasteiger partial charge in [0.05, 0.1) is 0 Å². The van der Waals surface area contributed by atoms with Crippen molar-refractivity contribution < 1.29 is 39.9 Å². The molecule has 0 aromatic rings. The van der Waals surface area contributed by atoms with Crippen LogP contribution in [0, 0.1) is 0 Å². The van der Waals surface area contributed by atoms with Crippen molar-refractivity contribution in [2.45, 2.75) is 6.92 Å². The summed E-state index contributed by atoms with van der Waals surface area (Å²) < 4.78 is 0. The molecular formula is C2H8NNaO2. The summed E-state index contributed by atoms with van der Waals surface area (Å²) in [5.41, 5.74) is 0. The second-order valence-corrected chi connectivity index (χ2v) is 0.289. The Bertz CT molecular complexity index is 11.5. The molecule has 0 aliphatic heterocycles. The number of hydrogen-bond acceptors (Lipinski definition) is 3. The summed E-state index contributed by atoms with van der Waals surface area (Å²) in [4.78, 5) is 0. The molecule has 0 aliphatic carbocycles. The molecule has 0 radical (unpaired) electrons. The molecule has 0 fully saturated rings. The summed E-state index contributed by atoms with van der Waals surface area (Å²) in [6.07, 6.45) is 0. The normalized spacial score (nSPS) is 4.00. The first-order valence-electron chi connectivity index (χ1n) is 1.25. The fourth-order valence-corrected chi connectivity index (χ4v) is 0. The molecule has 6 heavy (non-hydrogen) atoms. The molecule has 3 N–H and O–H groups in total. The molecular weight excluding hydrogens is 93.0 g/mol. The third-order valence-corrected chi connectivity index (χ3v) is 0. The second kappa shape index (κ2) is 39.6. The molecule has 0 saturated heterocycles. The summed E-state index contributed by atoms with van der Waals surface area (Å²) in [7, 11) is 0. The standard InChI is InChI=1S/C2H5O.H3NO.Na/c1-2-3;1-2;/h2H2,1H3;2H,1H2;/q-1;;+1. The van der Waals surface area contributed by atoms with Crippen molar-refractivity contribution in [1.29, 1.82) is 0 Å². The van der Waals surface area contributed by atoms with Gasteiger partial charge in [-0.05, 0) is 0 Å². The third-order valence-electron chi connectivity index (χ3n) is 0. The zero-order valence-electron chi connectivity index (χ0n) is 4.14. The Labute approximate surface area is 59.4 Å². The molecule has 0 bridgehead atoms. The van der Waals surface area contributed by atoms with E-state index in [0.29, 0.717) is 0 Å². The molecule has 4 heteroatoms. The largest absolute Gasteiger partial charge is 1.00 e. The number of nitrogens with two attached hydrogens (primary N) is 1. The van der Waals surface area contributed by atoms with Gasteiger partial charge in [-0.25, -0.2) is 5.90 Å². The minimum Gasteiger partial charge on any atom is -0.855 e. The summed E-state index contributed by atoms with van der Waals surface area (Å²) in [6.45, 7) is 1.57. The molecule has 0 atom stereocenters. The maximum Gasteiger partial charge on any atom is 1.00 e. The molecule has 0 saturated carbocycles. The van der Waals surface area contributed by atoms with Gasteiger partial charge in [-0.3, -0.25) is 0 Å². The van der Waals surface area contributed by atoms with Crippen molar-refractivity contribution in [1.82, 2.24) is 0 Å². The van der Waals surface area contributed by atoms with E-state index in [9.17, 15) is 0 Å². The van der Waals surface area contributed by atoms with E-state index in [-0.39, 0.29) is 36.2 Å². The molecule has 0 rings (SSSR count). The fraction of sp³-hybridized carbons (Fsp3) is 1.00. The van der Waals surface area contributed by atoms with Crippen LogP contribution >= 0.6 is 0 Å². The maximum atomic E-state index is 8.93. The van der Waals surface area contributed by atoms with Crippen LogP contribution in [0.5, 0.6) is 0 Å². The predicted octanol–water partition coefficient (Wildman–Crippen LogP) is -4.30. The van der Waals surface area contributed by atoms with Gasteiger partial charge in [0.2, 0.25) is 0 Å². The molecule has 0 unspecified atom stereocenters. The van der Waals surface area contributed by atoms with Gasteiger partial charge in [-0.15, -0.1) is 6.61 Å². The Morgan fingerprint density at radius 2 is 1.67 bits per heavy atom. The Kier molecular flexibility index (Phi) is 104. The van der Waals surface area contributed by atoms with Gasteiger partial charge in [0.1, 0.15) is 0 Å². The van der Waals surface area contributed by atoms with Crippen LogP contribution in [0.3, 0.4) is 0 Å². The molecule has 0 heterocycles. The fourth-order valence-electron chi connectivity index (χ4n) is 0. The average Bonchev–Trinajstić information content (AvgIpc) is 1.46. The molecule has 0 spiro atoms. The van der Waals surface area contributed by atoms with E-state index in [2.05, 4.69) is 5.90 Å². The van der Waals surface area contributed by atoms with Crippen LogP contribution < -0.4 is 40.6 Å². The Morgan fingerprint density at radius 3 is 1.67 bits per heavy atom. The van der Waals surface area contributed by atoms with Gasteiger partial charge in [-0.2, -0.15) is 0 Å². The van der Waals surface area contributed by atoms with Gasteiger partial charge < -0.3 is 10.3 Å². The van der Waals surface area contributed by atoms with Crippen LogP contribution in [0.2, 0.25) is 0 Å². The smallest absolute Gasteiger partial charge is 0.855 e. The first kappa shape index (κ1) is 15.8. The molecule has 0 aromatic carbocycles. The Balaban J connectivity index is -0.0000000275. The minimum absolute atomic E-state index is 0. The minimum atomic E-state index is 0. The van der Waals surface area contributed by atoms with Gasteiger partial charge in [0.15, 0.2) is 0 Å². The van der Waals surface area contributed by atoms with Crippen LogP contribution in [-0.2, 0) is 0 Å². The molecule has 3 nitrogen and oxygen atoms in total. The summed E-state index contributed by atoms with van der Waals surface area (Å²) >= 11 is 0. The molecule has 0 amide bonds. The summed E-state index contributed by atoms with van der Waals surface area (Å²) in [6, 6.07) is 0. The van der Waals surface area contributed by atoms with Crippen molar-refractivity contribution >= 4 is 0 Å². The quantitative estimate of drug-likeness (QED) is 0.239. The number of hydrogen-bond donors (Lipinski definition) is 2. The van der Waals surface area contributed by atoms with Crippen LogP contribution in [0.25, 0.3) is 0 Å². The summed E-state index contributed by atoms with van der Waals surface area (Å²) in [5, 5.41) is 15.4. The van der Waals surface area contributed by atoms with E-state index in [1.54, 1.807) is 6.92 Å². The van der Waals surface area contributed by atoms with E-state index >= 15 is 0 Å². The Hall–Kier alpha value is 0.880. The van der Waals surface area contributed by atoms with Gasteiger partial charge in [0.25, 0.3) is 0 Å². The SMILES string of the molecule is CC[O-].NO.[Na+].